The highest BCUT2D eigenvalue weighted by molar-refractivity contribution is 7.91. The predicted molar refractivity (Wildman–Crippen MR) is 95.6 cm³/mol. The summed E-state index contributed by atoms with van der Waals surface area (Å²) in [5, 5.41) is 0. The van der Waals surface area contributed by atoms with E-state index in [1.807, 2.05) is 25.1 Å². The van der Waals surface area contributed by atoms with Gasteiger partial charge in [0.15, 0.2) is 0 Å². The molecule has 1 saturated heterocycles. The summed E-state index contributed by atoms with van der Waals surface area (Å²) in [7, 11) is -3.44. The number of sulfonamides is 1. The summed E-state index contributed by atoms with van der Waals surface area (Å²) in [5.41, 5.74) is 2.16. The second kappa shape index (κ2) is 7.76. The number of benzene rings is 1. The van der Waals surface area contributed by atoms with Gasteiger partial charge in [0.2, 0.25) is 10.0 Å². The molecule has 0 spiro atoms. The monoisotopic (exact) mass is 366 g/mol. The molecule has 0 unspecified atom stereocenters. The standard InChI is InChI=1S/C17H22N2O3S2/c1-14-5-6-17(23-14)24(20,21)18-12-15-3-2-4-16(11-15)13-19-7-9-22-10-8-19/h2-6,11,18H,7-10,12-13H2,1H3. The Morgan fingerprint density at radius 1 is 1.17 bits per heavy atom. The maximum atomic E-state index is 12.3. The largest absolute Gasteiger partial charge is 0.379 e. The minimum atomic E-state index is -3.44. The molecule has 1 aliphatic heterocycles. The minimum absolute atomic E-state index is 0.302. The third-order valence-electron chi connectivity index (χ3n) is 3.95. The first-order chi connectivity index (χ1) is 11.5. The fourth-order valence-corrected chi connectivity index (χ4v) is 5.01. The summed E-state index contributed by atoms with van der Waals surface area (Å²) >= 11 is 1.29. The number of morpholine rings is 1. The Labute approximate surface area is 147 Å². The van der Waals surface area contributed by atoms with Gasteiger partial charge in [0.1, 0.15) is 4.21 Å². The van der Waals surface area contributed by atoms with E-state index in [1.165, 1.54) is 16.9 Å². The van der Waals surface area contributed by atoms with Crippen molar-refractivity contribution in [2.45, 2.75) is 24.2 Å². The molecule has 7 heteroatoms. The molecule has 1 fully saturated rings. The van der Waals surface area contributed by atoms with Gasteiger partial charge in [-0.2, -0.15) is 0 Å². The summed E-state index contributed by atoms with van der Waals surface area (Å²) in [6.45, 7) is 6.51. The van der Waals surface area contributed by atoms with Crippen LogP contribution in [0, 0.1) is 6.92 Å². The van der Waals surface area contributed by atoms with Crippen LogP contribution >= 0.6 is 11.3 Å². The number of thiophene rings is 1. The van der Waals surface area contributed by atoms with Crippen molar-refractivity contribution in [3.63, 3.8) is 0 Å². The van der Waals surface area contributed by atoms with E-state index in [2.05, 4.69) is 21.8 Å². The Morgan fingerprint density at radius 3 is 2.62 bits per heavy atom. The van der Waals surface area contributed by atoms with Gasteiger partial charge < -0.3 is 4.74 Å². The average Bonchev–Trinajstić information content (AvgIpc) is 3.02. The molecule has 1 aromatic carbocycles. The molecule has 2 heterocycles. The smallest absolute Gasteiger partial charge is 0.250 e. The van der Waals surface area contributed by atoms with Crippen LogP contribution in [0.2, 0.25) is 0 Å². The third-order valence-corrected chi connectivity index (χ3v) is 6.84. The molecule has 0 saturated carbocycles. The van der Waals surface area contributed by atoms with Crippen LogP contribution in [-0.2, 0) is 27.8 Å². The van der Waals surface area contributed by atoms with Gasteiger partial charge in [-0.1, -0.05) is 24.3 Å². The van der Waals surface area contributed by atoms with Crippen LogP contribution in [0.15, 0.2) is 40.6 Å². The number of nitrogens with zero attached hydrogens (tertiary/aromatic N) is 1. The second-order valence-electron chi connectivity index (χ2n) is 5.90. The second-order valence-corrected chi connectivity index (χ2v) is 9.18. The van der Waals surface area contributed by atoms with E-state index in [-0.39, 0.29) is 0 Å². The summed E-state index contributed by atoms with van der Waals surface area (Å²) in [4.78, 5) is 3.34. The number of ether oxygens (including phenoxy) is 1. The maximum Gasteiger partial charge on any atom is 0.250 e. The van der Waals surface area contributed by atoms with Crippen LogP contribution in [0.3, 0.4) is 0 Å². The van der Waals surface area contributed by atoms with Crippen molar-refractivity contribution in [2.75, 3.05) is 26.3 Å². The molecular weight excluding hydrogens is 344 g/mol. The zero-order valence-electron chi connectivity index (χ0n) is 13.7. The summed E-state index contributed by atoms with van der Waals surface area (Å²) in [5.74, 6) is 0. The lowest BCUT2D eigenvalue weighted by atomic mass is 10.1. The molecule has 1 N–H and O–H groups in total. The SMILES string of the molecule is Cc1ccc(S(=O)(=O)NCc2cccc(CN3CCOCC3)c2)s1. The summed E-state index contributed by atoms with van der Waals surface area (Å²) in [6.07, 6.45) is 0. The quantitative estimate of drug-likeness (QED) is 0.853. The fourth-order valence-electron chi connectivity index (χ4n) is 2.66. The molecule has 2 aromatic rings. The number of aryl methyl sites for hydroxylation is 1. The number of hydrogen-bond donors (Lipinski definition) is 1. The van der Waals surface area contributed by atoms with Gasteiger partial charge in [0.25, 0.3) is 0 Å². The first-order valence-electron chi connectivity index (χ1n) is 7.97. The molecule has 1 aliphatic rings. The Hall–Kier alpha value is -1.25. The molecule has 24 heavy (non-hydrogen) atoms. The van der Waals surface area contributed by atoms with Gasteiger partial charge in [-0.05, 0) is 30.2 Å². The highest BCUT2D eigenvalue weighted by Crippen LogP contribution is 2.20. The van der Waals surface area contributed by atoms with Crippen molar-refractivity contribution >= 4 is 21.4 Å². The van der Waals surface area contributed by atoms with Crippen molar-refractivity contribution < 1.29 is 13.2 Å². The zero-order chi connectivity index (χ0) is 17.0. The first kappa shape index (κ1) is 17.6. The van der Waals surface area contributed by atoms with Gasteiger partial charge in [0.05, 0.1) is 13.2 Å². The molecular formula is C17H22N2O3S2. The minimum Gasteiger partial charge on any atom is -0.379 e. The van der Waals surface area contributed by atoms with Crippen LogP contribution < -0.4 is 4.72 Å². The fraction of sp³-hybridized carbons (Fsp3) is 0.412. The van der Waals surface area contributed by atoms with Crippen molar-refractivity contribution in [3.8, 4) is 0 Å². The van der Waals surface area contributed by atoms with E-state index >= 15 is 0 Å². The molecule has 0 atom stereocenters. The van der Waals surface area contributed by atoms with Gasteiger partial charge in [-0.3, -0.25) is 4.90 Å². The lowest BCUT2D eigenvalue weighted by Crippen LogP contribution is -2.35. The molecule has 1 aromatic heterocycles. The molecule has 0 aliphatic carbocycles. The predicted octanol–water partition coefficient (Wildman–Crippen LogP) is 2.37. The van der Waals surface area contributed by atoms with E-state index in [0.717, 1.165) is 43.3 Å². The van der Waals surface area contributed by atoms with Crippen molar-refractivity contribution in [1.29, 1.82) is 0 Å². The Balaban J connectivity index is 1.62. The van der Waals surface area contributed by atoms with Crippen LogP contribution in [0.4, 0.5) is 0 Å². The molecule has 130 valence electrons. The molecule has 0 amide bonds. The van der Waals surface area contributed by atoms with Crippen molar-refractivity contribution in [1.82, 2.24) is 9.62 Å². The van der Waals surface area contributed by atoms with Gasteiger partial charge >= 0.3 is 0 Å². The van der Waals surface area contributed by atoms with Crippen molar-refractivity contribution in [3.05, 3.63) is 52.4 Å². The lowest BCUT2D eigenvalue weighted by molar-refractivity contribution is 0.0342. The zero-order valence-corrected chi connectivity index (χ0v) is 15.3. The van der Waals surface area contributed by atoms with Gasteiger partial charge in [-0.15, -0.1) is 11.3 Å². The highest BCUT2D eigenvalue weighted by atomic mass is 32.2. The molecule has 0 bridgehead atoms. The van der Waals surface area contributed by atoms with Crippen molar-refractivity contribution in [2.24, 2.45) is 0 Å². The topological polar surface area (TPSA) is 58.6 Å². The molecule has 0 radical (unpaired) electrons. The van der Waals surface area contributed by atoms with Gasteiger partial charge in [-0.25, -0.2) is 13.1 Å². The Bertz CT molecular complexity index is 781. The number of nitrogens with one attached hydrogen (secondary N) is 1. The summed E-state index contributed by atoms with van der Waals surface area (Å²) in [6, 6.07) is 11.5. The highest BCUT2D eigenvalue weighted by Gasteiger charge is 2.16. The van der Waals surface area contributed by atoms with Crippen LogP contribution in [0.5, 0.6) is 0 Å². The average molecular weight is 367 g/mol. The van der Waals surface area contributed by atoms with Crippen LogP contribution in [-0.4, -0.2) is 39.6 Å². The van der Waals surface area contributed by atoms with E-state index < -0.39 is 10.0 Å². The maximum absolute atomic E-state index is 12.3. The van der Waals surface area contributed by atoms with E-state index in [1.54, 1.807) is 6.07 Å². The van der Waals surface area contributed by atoms with Gasteiger partial charge in [0, 0.05) is 31.1 Å². The normalized spacial score (nSPS) is 16.4. The van der Waals surface area contributed by atoms with Crippen LogP contribution in [0.1, 0.15) is 16.0 Å². The third kappa shape index (κ3) is 4.64. The first-order valence-corrected chi connectivity index (χ1v) is 10.3. The van der Waals surface area contributed by atoms with E-state index in [4.69, 9.17) is 4.74 Å². The molecule has 3 rings (SSSR count). The Kier molecular flexibility index (Phi) is 5.68. The van der Waals surface area contributed by atoms with E-state index in [9.17, 15) is 8.42 Å². The number of hydrogen-bond acceptors (Lipinski definition) is 5. The molecule has 5 nitrogen and oxygen atoms in total. The van der Waals surface area contributed by atoms with E-state index in [0.29, 0.717) is 10.8 Å². The number of rotatable bonds is 6. The lowest BCUT2D eigenvalue weighted by Gasteiger charge is -2.26. The van der Waals surface area contributed by atoms with Crippen LogP contribution in [0.25, 0.3) is 0 Å². The Morgan fingerprint density at radius 2 is 1.92 bits per heavy atom. The summed E-state index contributed by atoms with van der Waals surface area (Å²) < 4.78 is 33.0.